The molecule has 0 saturated carbocycles. The molecular formula is C21H17N3OS3. The number of pyridine rings is 1. The van der Waals surface area contributed by atoms with Crippen molar-refractivity contribution in [1.82, 2.24) is 9.97 Å². The SMILES string of the molecule is Cc1nc(-c2ccsc2)sc1C(=O)Nc1cccc(CSc2ccccn2)c1. The van der Waals surface area contributed by atoms with Gasteiger partial charge in [-0.25, -0.2) is 9.97 Å². The molecule has 3 heterocycles. The number of amides is 1. The van der Waals surface area contributed by atoms with E-state index in [1.165, 1.54) is 11.3 Å². The molecule has 0 atom stereocenters. The van der Waals surface area contributed by atoms with Crippen molar-refractivity contribution in [3.05, 3.63) is 81.6 Å². The zero-order valence-electron chi connectivity index (χ0n) is 15.1. The molecule has 0 aliphatic carbocycles. The number of rotatable bonds is 6. The Morgan fingerprint density at radius 1 is 1.18 bits per heavy atom. The Morgan fingerprint density at radius 2 is 2.11 bits per heavy atom. The van der Waals surface area contributed by atoms with E-state index >= 15 is 0 Å². The molecule has 4 aromatic rings. The van der Waals surface area contributed by atoms with Crippen molar-refractivity contribution in [3.63, 3.8) is 0 Å². The molecule has 1 amide bonds. The first-order chi connectivity index (χ1) is 13.7. The van der Waals surface area contributed by atoms with E-state index in [-0.39, 0.29) is 5.91 Å². The molecule has 0 unspecified atom stereocenters. The molecule has 3 aromatic heterocycles. The van der Waals surface area contributed by atoms with Crippen molar-refractivity contribution in [2.24, 2.45) is 0 Å². The highest BCUT2D eigenvalue weighted by molar-refractivity contribution is 7.98. The summed E-state index contributed by atoms with van der Waals surface area (Å²) in [5.41, 5.74) is 3.73. The Labute approximate surface area is 175 Å². The van der Waals surface area contributed by atoms with Gasteiger partial charge in [-0.3, -0.25) is 4.79 Å². The van der Waals surface area contributed by atoms with Crippen molar-refractivity contribution < 1.29 is 4.79 Å². The summed E-state index contributed by atoms with van der Waals surface area (Å²) in [6.07, 6.45) is 1.79. The molecular weight excluding hydrogens is 406 g/mol. The van der Waals surface area contributed by atoms with Gasteiger partial charge in [0.25, 0.3) is 5.91 Å². The maximum atomic E-state index is 12.8. The monoisotopic (exact) mass is 423 g/mol. The average Bonchev–Trinajstić information content (AvgIpc) is 3.37. The summed E-state index contributed by atoms with van der Waals surface area (Å²) in [6, 6.07) is 15.8. The van der Waals surface area contributed by atoms with Gasteiger partial charge < -0.3 is 5.32 Å². The minimum absolute atomic E-state index is 0.119. The van der Waals surface area contributed by atoms with Crippen LogP contribution in [0.4, 0.5) is 5.69 Å². The molecule has 0 bridgehead atoms. The van der Waals surface area contributed by atoms with Crippen molar-refractivity contribution in [2.75, 3.05) is 5.32 Å². The molecule has 0 spiro atoms. The molecule has 4 rings (SSSR count). The summed E-state index contributed by atoms with van der Waals surface area (Å²) < 4.78 is 0. The molecule has 7 heteroatoms. The van der Waals surface area contributed by atoms with E-state index in [2.05, 4.69) is 21.4 Å². The smallest absolute Gasteiger partial charge is 0.267 e. The molecule has 0 aliphatic heterocycles. The van der Waals surface area contributed by atoms with Crippen LogP contribution in [0.25, 0.3) is 10.6 Å². The van der Waals surface area contributed by atoms with E-state index < -0.39 is 0 Å². The third-order valence-corrected chi connectivity index (χ3v) is 6.88. The van der Waals surface area contributed by atoms with Crippen LogP contribution in [0.5, 0.6) is 0 Å². The lowest BCUT2D eigenvalue weighted by Crippen LogP contribution is -2.11. The molecule has 0 radical (unpaired) electrons. The highest BCUT2D eigenvalue weighted by Gasteiger charge is 2.16. The number of aromatic nitrogens is 2. The zero-order valence-corrected chi connectivity index (χ0v) is 17.5. The highest BCUT2D eigenvalue weighted by atomic mass is 32.2. The van der Waals surface area contributed by atoms with Crippen molar-refractivity contribution in [3.8, 4) is 10.6 Å². The first-order valence-corrected chi connectivity index (χ1v) is 11.4. The van der Waals surface area contributed by atoms with Gasteiger partial charge in [0.15, 0.2) is 0 Å². The van der Waals surface area contributed by atoms with Gasteiger partial charge >= 0.3 is 0 Å². The van der Waals surface area contributed by atoms with E-state index in [0.29, 0.717) is 4.88 Å². The minimum atomic E-state index is -0.119. The number of carbonyl (C=O) groups excluding carboxylic acids is 1. The molecule has 0 saturated heterocycles. The second kappa shape index (κ2) is 8.68. The summed E-state index contributed by atoms with van der Waals surface area (Å²) in [5.74, 6) is 0.675. The fourth-order valence-electron chi connectivity index (χ4n) is 2.63. The standard InChI is InChI=1S/C21H17N3OS3/c1-14-19(28-21(23-14)16-8-10-26-13-16)20(25)24-17-6-4-5-15(11-17)12-27-18-7-2-3-9-22-18/h2-11,13H,12H2,1H3,(H,24,25). The summed E-state index contributed by atoms with van der Waals surface area (Å²) in [4.78, 5) is 22.3. The lowest BCUT2D eigenvalue weighted by atomic mass is 10.2. The minimum Gasteiger partial charge on any atom is -0.321 e. The van der Waals surface area contributed by atoms with Gasteiger partial charge in [0.1, 0.15) is 9.88 Å². The number of thioether (sulfide) groups is 1. The fourth-order valence-corrected chi connectivity index (χ4v) is 5.11. The van der Waals surface area contributed by atoms with E-state index in [1.807, 2.05) is 60.1 Å². The van der Waals surface area contributed by atoms with Crippen LogP contribution in [-0.4, -0.2) is 15.9 Å². The summed E-state index contributed by atoms with van der Waals surface area (Å²) in [5, 5.41) is 8.93. The van der Waals surface area contributed by atoms with Crippen LogP contribution in [0.1, 0.15) is 20.9 Å². The van der Waals surface area contributed by atoms with Crippen LogP contribution in [0.3, 0.4) is 0 Å². The second-order valence-electron chi connectivity index (χ2n) is 6.06. The van der Waals surface area contributed by atoms with Crippen LogP contribution in [0, 0.1) is 6.92 Å². The normalized spacial score (nSPS) is 10.8. The summed E-state index contributed by atoms with van der Waals surface area (Å²) >= 11 is 4.72. The van der Waals surface area contributed by atoms with Gasteiger partial charge in [0, 0.05) is 28.6 Å². The van der Waals surface area contributed by atoms with E-state index in [9.17, 15) is 4.79 Å². The molecule has 1 aromatic carbocycles. The van der Waals surface area contributed by atoms with E-state index in [0.717, 1.165) is 38.3 Å². The number of hydrogen-bond donors (Lipinski definition) is 1. The average molecular weight is 424 g/mol. The van der Waals surface area contributed by atoms with Crippen LogP contribution < -0.4 is 5.32 Å². The van der Waals surface area contributed by atoms with Crippen LogP contribution >= 0.6 is 34.4 Å². The van der Waals surface area contributed by atoms with Crippen molar-refractivity contribution >= 4 is 46.0 Å². The van der Waals surface area contributed by atoms with Gasteiger partial charge in [0.2, 0.25) is 0 Å². The molecule has 4 nitrogen and oxygen atoms in total. The lowest BCUT2D eigenvalue weighted by molar-refractivity contribution is 0.103. The maximum absolute atomic E-state index is 12.8. The number of nitrogens with zero attached hydrogens (tertiary/aromatic N) is 2. The fraction of sp³-hybridized carbons (Fsp3) is 0.0952. The van der Waals surface area contributed by atoms with Gasteiger partial charge in [0.05, 0.1) is 10.7 Å². The van der Waals surface area contributed by atoms with Crippen LogP contribution in [0.2, 0.25) is 0 Å². The number of hydrogen-bond acceptors (Lipinski definition) is 6. The largest absolute Gasteiger partial charge is 0.321 e. The number of benzene rings is 1. The number of thiophene rings is 1. The lowest BCUT2D eigenvalue weighted by Gasteiger charge is -2.07. The third kappa shape index (κ3) is 4.49. The van der Waals surface area contributed by atoms with Gasteiger partial charge in [-0.05, 0) is 48.2 Å². The van der Waals surface area contributed by atoms with Gasteiger partial charge in [-0.15, -0.1) is 23.1 Å². The molecule has 1 N–H and O–H groups in total. The Morgan fingerprint density at radius 3 is 2.89 bits per heavy atom. The number of carbonyl (C=O) groups is 1. The topological polar surface area (TPSA) is 54.9 Å². The number of aryl methyl sites for hydroxylation is 1. The highest BCUT2D eigenvalue weighted by Crippen LogP contribution is 2.30. The Bertz CT molecular complexity index is 1080. The van der Waals surface area contributed by atoms with E-state index in [4.69, 9.17) is 0 Å². The maximum Gasteiger partial charge on any atom is 0.267 e. The second-order valence-corrected chi connectivity index (χ2v) is 8.83. The quantitative estimate of drug-likeness (QED) is 0.380. The third-order valence-electron chi connectivity index (χ3n) is 3.98. The van der Waals surface area contributed by atoms with Crippen LogP contribution in [0.15, 0.2) is 70.5 Å². The summed E-state index contributed by atoms with van der Waals surface area (Å²) in [6.45, 7) is 1.88. The predicted molar refractivity (Wildman–Crippen MR) is 118 cm³/mol. The number of anilines is 1. The van der Waals surface area contributed by atoms with Crippen molar-refractivity contribution in [1.29, 1.82) is 0 Å². The number of thiazole rings is 1. The van der Waals surface area contributed by atoms with E-state index in [1.54, 1.807) is 29.3 Å². The zero-order chi connectivity index (χ0) is 19.3. The first kappa shape index (κ1) is 18.9. The van der Waals surface area contributed by atoms with Crippen molar-refractivity contribution in [2.45, 2.75) is 17.7 Å². The van der Waals surface area contributed by atoms with Gasteiger partial charge in [-0.1, -0.05) is 18.2 Å². The summed E-state index contributed by atoms with van der Waals surface area (Å²) in [7, 11) is 0. The first-order valence-electron chi connectivity index (χ1n) is 8.63. The van der Waals surface area contributed by atoms with Gasteiger partial charge in [-0.2, -0.15) is 11.3 Å². The number of nitrogens with one attached hydrogen (secondary N) is 1. The molecule has 0 fully saturated rings. The molecule has 0 aliphatic rings. The Hall–Kier alpha value is -2.48. The Kier molecular flexibility index (Phi) is 5.85. The van der Waals surface area contributed by atoms with Crippen LogP contribution in [-0.2, 0) is 5.75 Å². The molecule has 140 valence electrons. The Balaban J connectivity index is 1.45. The molecule has 28 heavy (non-hydrogen) atoms. The predicted octanol–water partition coefficient (Wildman–Crippen LogP) is 6.12.